The monoisotopic (exact) mass is 279 g/mol. The number of nitrogens with two attached hydrogens (primary N) is 1. The first kappa shape index (κ1) is 13.5. The molecule has 6 heteroatoms. The lowest BCUT2D eigenvalue weighted by Gasteiger charge is -2.05. The fourth-order valence-electron chi connectivity index (χ4n) is 1.51. The molecule has 0 aliphatic heterocycles. The molecule has 0 radical (unpaired) electrons. The third-order valence-corrected chi connectivity index (χ3v) is 3.41. The van der Waals surface area contributed by atoms with Gasteiger partial charge in [0.25, 0.3) is 5.91 Å². The number of carbonyl (C=O) groups is 1. The minimum absolute atomic E-state index is 0.112. The molecule has 19 heavy (non-hydrogen) atoms. The predicted molar refractivity (Wildman–Crippen MR) is 75.0 cm³/mol. The maximum atomic E-state index is 13.3. The number of nitrogen functional groups attached to an aromatic ring is 1. The number of benzene rings is 1. The van der Waals surface area contributed by atoms with Gasteiger partial charge in [-0.05, 0) is 18.1 Å². The van der Waals surface area contributed by atoms with Gasteiger partial charge < -0.3 is 5.73 Å². The van der Waals surface area contributed by atoms with Gasteiger partial charge in [-0.2, -0.15) is 0 Å². The number of nitrogens with one attached hydrogen (secondary N) is 1. The Balaban J connectivity index is 2.18. The highest BCUT2D eigenvalue weighted by Crippen LogP contribution is 2.23. The Morgan fingerprint density at radius 2 is 2.21 bits per heavy atom. The van der Waals surface area contributed by atoms with E-state index in [0.717, 1.165) is 5.69 Å². The van der Waals surface area contributed by atoms with Crippen LogP contribution in [0.4, 0.5) is 15.2 Å². The highest BCUT2D eigenvalue weighted by Gasteiger charge is 2.14. The third kappa shape index (κ3) is 2.90. The summed E-state index contributed by atoms with van der Waals surface area (Å²) < 4.78 is 13.3. The molecule has 0 fully saturated rings. The zero-order valence-electron chi connectivity index (χ0n) is 10.6. The average Bonchev–Trinajstić information content (AvgIpc) is 2.81. The number of anilines is 2. The molecule has 100 valence electrons. The predicted octanol–water partition coefficient (Wildman–Crippen LogP) is 3.24. The number of amides is 1. The van der Waals surface area contributed by atoms with E-state index in [1.165, 1.54) is 29.5 Å². The lowest BCUT2D eigenvalue weighted by Crippen LogP contribution is -2.14. The molecule has 0 atom stereocenters. The van der Waals surface area contributed by atoms with E-state index >= 15 is 0 Å². The molecular weight excluding hydrogens is 265 g/mol. The van der Waals surface area contributed by atoms with Crippen LogP contribution in [0.5, 0.6) is 0 Å². The van der Waals surface area contributed by atoms with Gasteiger partial charge in [-0.15, -0.1) is 11.3 Å². The topological polar surface area (TPSA) is 68.0 Å². The van der Waals surface area contributed by atoms with Gasteiger partial charge >= 0.3 is 0 Å². The molecule has 0 bridgehead atoms. The van der Waals surface area contributed by atoms with Gasteiger partial charge in [-0.25, -0.2) is 9.37 Å². The van der Waals surface area contributed by atoms with Gasteiger partial charge in [0, 0.05) is 5.38 Å². The van der Waals surface area contributed by atoms with E-state index in [1.807, 2.05) is 19.2 Å². The summed E-state index contributed by atoms with van der Waals surface area (Å²) in [5.41, 5.74) is 6.41. The summed E-state index contributed by atoms with van der Waals surface area (Å²) in [5, 5.41) is 4.99. The van der Waals surface area contributed by atoms with Gasteiger partial charge in [0.15, 0.2) is 5.13 Å². The highest BCUT2D eigenvalue weighted by molar-refractivity contribution is 7.14. The maximum absolute atomic E-state index is 13.3. The van der Waals surface area contributed by atoms with Crippen LogP contribution in [-0.2, 0) is 0 Å². The molecule has 1 aromatic carbocycles. The lowest BCUT2D eigenvalue weighted by molar-refractivity contribution is 0.102. The van der Waals surface area contributed by atoms with Crippen LogP contribution < -0.4 is 11.1 Å². The number of thiazole rings is 1. The van der Waals surface area contributed by atoms with E-state index in [0.29, 0.717) is 11.0 Å². The molecule has 1 aromatic heterocycles. The zero-order chi connectivity index (χ0) is 14.0. The molecule has 0 aliphatic carbocycles. The van der Waals surface area contributed by atoms with Crippen molar-refractivity contribution >= 4 is 28.1 Å². The van der Waals surface area contributed by atoms with Gasteiger partial charge in [-0.1, -0.05) is 19.9 Å². The van der Waals surface area contributed by atoms with Crippen LogP contribution in [0.2, 0.25) is 0 Å². The fourth-order valence-corrected chi connectivity index (χ4v) is 2.38. The number of halogens is 1. The number of hydrogen-bond acceptors (Lipinski definition) is 4. The minimum atomic E-state index is -0.602. The lowest BCUT2D eigenvalue weighted by atomic mass is 10.1. The Morgan fingerprint density at radius 1 is 1.47 bits per heavy atom. The van der Waals surface area contributed by atoms with Crippen LogP contribution >= 0.6 is 11.3 Å². The first-order valence-corrected chi connectivity index (χ1v) is 6.67. The molecule has 0 saturated heterocycles. The van der Waals surface area contributed by atoms with Crippen molar-refractivity contribution in [3.63, 3.8) is 0 Å². The number of nitrogens with zero attached hydrogens (tertiary/aromatic N) is 1. The van der Waals surface area contributed by atoms with Gasteiger partial charge in [0.2, 0.25) is 0 Å². The molecular formula is C13H14FN3OS. The van der Waals surface area contributed by atoms with Crippen LogP contribution in [0, 0.1) is 5.82 Å². The molecule has 0 saturated carbocycles. The first-order chi connectivity index (χ1) is 8.99. The van der Waals surface area contributed by atoms with Crippen LogP contribution in [0.15, 0.2) is 23.6 Å². The summed E-state index contributed by atoms with van der Waals surface area (Å²) in [7, 11) is 0. The summed E-state index contributed by atoms with van der Waals surface area (Å²) in [5.74, 6) is -0.766. The first-order valence-electron chi connectivity index (χ1n) is 5.79. The molecule has 3 N–H and O–H groups in total. The van der Waals surface area contributed by atoms with Crippen LogP contribution in [0.25, 0.3) is 0 Å². The van der Waals surface area contributed by atoms with Crippen LogP contribution in [0.3, 0.4) is 0 Å². The zero-order valence-corrected chi connectivity index (χ0v) is 11.4. The highest BCUT2D eigenvalue weighted by atomic mass is 32.1. The van der Waals surface area contributed by atoms with Crippen molar-refractivity contribution in [1.29, 1.82) is 0 Å². The average molecular weight is 279 g/mol. The van der Waals surface area contributed by atoms with Crippen LogP contribution in [-0.4, -0.2) is 10.9 Å². The molecule has 1 heterocycles. The maximum Gasteiger partial charge on any atom is 0.259 e. The number of carbonyl (C=O) groups excluding carboxylic acids is 1. The molecule has 0 unspecified atom stereocenters. The van der Waals surface area contributed by atoms with Crippen molar-refractivity contribution < 1.29 is 9.18 Å². The molecule has 2 rings (SSSR count). The van der Waals surface area contributed by atoms with E-state index in [9.17, 15) is 9.18 Å². The van der Waals surface area contributed by atoms with Gasteiger partial charge in [0.05, 0.1) is 16.9 Å². The van der Waals surface area contributed by atoms with E-state index in [2.05, 4.69) is 10.3 Å². The van der Waals surface area contributed by atoms with Gasteiger partial charge in [0.1, 0.15) is 5.82 Å². The second-order valence-electron chi connectivity index (χ2n) is 4.39. The minimum Gasteiger partial charge on any atom is -0.396 e. The Kier molecular flexibility index (Phi) is 3.80. The number of aromatic nitrogens is 1. The van der Waals surface area contributed by atoms with Crippen molar-refractivity contribution in [2.24, 2.45) is 0 Å². The number of para-hydroxylation sites is 1. The van der Waals surface area contributed by atoms with Crippen molar-refractivity contribution in [1.82, 2.24) is 4.98 Å². The van der Waals surface area contributed by atoms with E-state index in [-0.39, 0.29) is 11.3 Å². The SMILES string of the molecule is CC(C)c1csc(NC(=O)c2cccc(F)c2N)n1. The largest absolute Gasteiger partial charge is 0.396 e. The molecule has 4 nitrogen and oxygen atoms in total. The van der Waals surface area contributed by atoms with Gasteiger partial charge in [-0.3, -0.25) is 10.1 Å². The molecule has 2 aromatic rings. The molecule has 1 amide bonds. The summed E-state index contributed by atoms with van der Waals surface area (Å²) >= 11 is 1.33. The molecule has 0 spiro atoms. The Bertz CT molecular complexity index is 610. The van der Waals surface area contributed by atoms with E-state index in [1.54, 1.807) is 0 Å². The van der Waals surface area contributed by atoms with Crippen molar-refractivity contribution in [3.05, 3.63) is 40.7 Å². The van der Waals surface area contributed by atoms with E-state index in [4.69, 9.17) is 5.73 Å². The smallest absolute Gasteiger partial charge is 0.259 e. The Morgan fingerprint density at radius 3 is 2.84 bits per heavy atom. The summed E-state index contributed by atoms with van der Waals surface area (Å²) in [6, 6.07) is 4.14. The Labute approximate surface area is 114 Å². The quantitative estimate of drug-likeness (QED) is 0.847. The second-order valence-corrected chi connectivity index (χ2v) is 5.25. The summed E-state index contributed by atoms with van der Waals surface area (Å²) in [4.78, 5) is 16.3. The number of rotatable bonds is 3. The fraction of sp³-hybridized carbons (Fsp3) is 0.231. The standard InChI is InChI=1S/C13H14FN3OS/c1-7(2)10-6-19-13(16-10)17-12(18)8-4-3-5-9(14)11(8)15/h3-7H,15H2,1-2H3,(H,16,17,18). The van der Waals surface area contributed by atoms with Crippen LogP contribution in [0.1, 0.15) is 35.8 Å². The molecule has 0 aliphatic rings. The Hall–Kier alpha value is -1.95. The third-order valence-electron chi connectivity index (χ3n) is 2.63. The van der Waals surface area contributed by atoms with Crippen molar-refractivity contribution in [2.75, 3.05) is 11.1 Å². The summed E-state index contributed by atoms with van der Waals surface area (Å²) in [6.45, 7) is 4.04. The second kappa shape index (κ2) is 5.36. The van der Waals surface area contributed by atoms with E-state index < -0.39 is 11.7 Å². The number of hydrogen-bond donors (Lipinski definition) is 2. The van der Waals surface area contributed by atoms with Crippen molar-refractivity contribution in [2.45, 2.75) is 19.8 Å². The van der Waals surface area contributed by atoms with Crippen molar-refractivity contribution in [3.8, 4) is 0 Å². The normalized spacial score (nSPS) is 10.7. The summed E-state index contributed by atoms with van der Waals surface area (Å²) in [6.07, 6.45) is 0.